The van der Waals surface area contributed by atoms with Gasteiger partial charge in [0.25, 0.3) is 0 Å². The van der Waals surface area contributed by atoms with Gasteiger partial charge < -0.3 is 5.32 Å². The summed E-state index contributed by atoms with van der Waals surface area (Å²) in [6.07, 6.45) is 2.24. The van der Waals surface area contributed by atoms with Crippen molar-refractivity contribution in [3.63, 3.8) is 0 Å². The lowest BCUT2D eigenvalue weighted by Crippen LogP contribution is -2.14. The standard InChI is InChI=1S/C11H12ClN5/c12-8-3-5-9(6-4-8)17-15-11(14-16-17)10-2-1-7-13-10/h3-6,10,13H,1-2,7H2. The van der Waals surface area contributed by atoms with Crippen LogP contribution in [0.1, 0.15) is 24.7 Å². The summed E-state index contributed by atoms with van der Waals surface area (Å²) in [5.74, 6) is 0.762. The van der Waals surface area contributed by atoms with E-state index in [0.717, 1.165) is 24.5 Å². The van der Waals surface area contributed by atoms with E-state index in [2.05, 4.69) is 20.7 Å². The van der Waals surface area contributed by atoms with Crippen LogP contribution in [0.5, 0.6) is 0 Å². The third-order valence-electron chi connectivity index (χ3n) is 2.86. The second kappa shape index (κ2) is 4.43. The van der Waals surface area contributed by atoms with E-state index in [1.54, 1.807) is 0 Å². The van der Waals surface area contributed by atoms with Crippen LogP contribution in [0.3, 0.4) is 0 Å². The van der Waals surface area contributed by atoms with Crippen molar-refractivity contribution in [3.05, 3.63) is 35.1 Å². The Morgan fingerprint density at radius 2 is 2.12 bits per heavy atom. The van der Waals surface area contributed by atoms with E-state index < -0.39 is 0 Å². The molecule has 1 saturated heterocycles. The molecular formula is C11H12ClN5. The molecule has 1 unspecified atom stereocenters. The predicted octanol–water partition coefficient (Wildman–Crippen LogP) is 1.74. The fourth-order valence-corrected chi connectivity index (χ4v) is 2.08. The number of benzene rings is 1. The first-order chi connectivity index (χ1) is 8.33. The quantitative estimate of drug-likeness (QED) is 0.881. The third-order valence-corrected chi connectivity index (χ3v) is 3.11. The summed E-state index contributed by atoms with van der Waals surface area (Å²) >= 11 is 5.83. The summed E-state index contributed by atoms with van der Waals surface area (Å²) in [7, 11) is 0. The predicted molar refractivity (Wildman–Crippen MR) is 64.1 cm³/mol. The molecular weight excluding hydrogens is 238 g/mol. The summed E-state index contributed by atoms with van der Waals surface area (Å²) in [6.45, 7) is 1.03. The van der Waals surface area contributed by atoms with Crippen molar-refractivity contribution in [2.24, 2.45) is 0 Å². The topological polar surface area (TPSA) is 55.6 Å². The molecule has 2 aromatic rings. The first-order valence-electron chi connectivity index (χ1n) is 5.62. The number of halogens is 1. The van der Waals surface area contributed by atoms with Gasteiger partial charge in [0.1, 0.15) is 0 Å². The molecule has 1 aromatic carbocycles. The Labute approximate surface area is 104 Å². The fraction of sp³-hybridized carbons (Fsp3) is 0.364. The lowest BCUT2D eigenvalue weighted by atomic mass is 10.2. The summed E-state index contributed by atoms with van der Waals surface area (Å²) in [6, 6.07) is 7.61. The molecule has 0 spiro atoms. The van der Waals surface area contributed by atoms with Crippen LogP contribution >= 0.6 is 11.6 Å². The molecule has 0 radical (unpaired) electrons. The molecule has 0 aliphatic carbocycles. The number of nitrogens with zero attached hydrogens (tertiary/aromatic N) is 4. The molecule has 0 bridgehead atoms. The number of rotatable bonds is 2. The van der Waals surface area contributed by atoms with E-state index in [0.29, 0.717) is 5.02 Å². The van der Waals surface area contributed by atoms with Crippen LogP contribution < -0.4 is 5.32 Å². The molecule has 3 rings (SSSR count). The first kappa shape index (κ1) is 10.7. The zero-order chi connectivity index (χ0) is 11.7. The Hall–Kier alpha value is -1.46. The molecule has 17 heavy (non-hydrogen) atoms. The molecule has 5 nitrogen and oxygen atoms in total. The van der Waals surface area contributed by atoms with Crippen molar-refractivity contribution >= 4 is 11.6 Å². The van der Waals surface area contributed by atoms with E-state index in [1.165, 1.54) is 11.2 Å². The number of tetrazole rings is 1. The Morgan fingerprint density at radius 1 is 1.29 bits per heavy atom. The number of hydrogen-bond acceptors (Lipinski definition) is 4. The number of nitrogens with one attached hydrogen (secondary N) is 1. The summed E-state index contributed by atoms with van der Waals surface area (Å²) in [4.78, 5) is 1.53. The van der Waals surface area contributed by atoms with Gasteiger partial charge in [-0.05, 0) is 48.9 Å². The maximum atomic E-state index is 5.83. The maximum absolute atomic E-state index is 5.83. The Bertz CT molecular complexity index is 501. The van der Waals surface area contributed by atoms with Crippen molar-refractivity contribution in [1.82, 2.24) is 25.5 Å². The first-order valence-corrected chi connectivity index (χ1v) is 6.00. The van der Waals surface area contributed by atoms with Crippen LogP contribution in [-0.4, -0.2) is 26.8 Å². The molecule has 1 N–H and O–H groups in total. The van der Waals surface area contributed by atoms with Crippen LogP contribution in [-0.2, 0) is 0 Å². The second-order valence-electron chi connectivity index (χ2n) is 4.06. The van der Waals surface area contributed by atoms with E-state index in [9.17, 15) is 0 Å². The van der Waals surface area contributed by atoms with Gasteiger partial charge in [0, 0.05) is 5.02 Å². The monoisotopic (exact) mass is 249 g/mol. The van der Waals surface area contributed by atoms with Gasteiger partial charge in [-0.1, -0.05) is 11.6 Å². The molecule has 1 atom stereocenters. The van der Waals surface area contributed by atoms with Crippen LogP contribution in [0.2, 0.25) is 5.02 Å². The highest BCUT2D eigenvalue weighted by Gasteiger charge is 2.20. The normalized spacial score (nSPS) is 19.7. The minimum atomic E-state index is 0.246. The van der Waals surface area contributed by atoms with Crippen molar-refractivity contribution in [2.45, 2.75) is 18.9 Å². The van der Waals surface area contributed by atoms with Crippen molar-refractivity contribution in [1.29, 1.82) is 0 Å². The van der Waals surface area contributed by atoms with Crippen LogP contribution in [0.4, 0.5) is 0 Å². The van der Waals surface area contributed by atoms with E-state index in [-0.39, 0.29) is 6.04 Å². The van der Waals surface area contributed by atoms with Crippen molar-refractivity contribution in [2.75, 3.05) is 6.54 Å². The van der Waals surface area contributed by atoms with Gasteiger partial charge in [-0.3, -0.25) is 0 Å². The van der Waals surface area contributed by atoms with Gasteiger partial charge in [-0.25, -0.2) is 0 Å². The molecule has 0 amide bonds. The summed E-state index contributed by atoms with van der Waals surface area (Å²) < 4.78 is 0. The Morgan fingerprint density at radius 3 is 2.82 bits per heavy atom. The van der Waals surface area contributed by atoms with Gasteiger partial charge in [-0.2, -0.15) is 0 Å². The molecule has 1 fully saturated rings. The lowest BCUT2D eigenvalue weighted by molar-refractivity contribution is 0.602. The van der Waals surface area contributed by atoms with Crippen molar-refractivity contribution in [3.8, 4) is 5.69 Å². The van der Waals surface area contributed by atoms with E-state index >= 15 is 0 Å². The molecule has 1 aliphatic heterocycles. The smallest absolute Gasteiger partial charge is 0.192 e. The average Bonchev–Trinajstić information content (AvgIpc) is 3.00. The summed E-state index contributed by atoms with van der Waals surface area (Å²) in [5, 5.41) is 16.6. The van der Waals surface area contributed by atoms with E-state index in [4.69, 9.17) is 11.6 Å². The third kappa shape index (κ3) is 2.16. The van der Waals surface area contributed by atoms with Gasteiger partial charge >= 0.3 is 0 Å². The highest BCUT2D eigenvalue weighted by atomic mass is 35.5. The fourth-order valence-electron chi connectivity index (χ4n) is 1.95. The van der Waals surface area contributed by atoms with Crippen LogP contribution in [0.15, 0.2) is 24.3 Å². The SMILES string of the molecule is Clc1ccc(-n2nnc(C3CCCN3)n2)cc1. The molecule has 2 heterocycles. The highest BCUT2D eigenvalue weighted by Crippen LogP contribution is 2.19. The zero-order valence-corrected chi connectivity index (χ0v) is 9.93. The summed E-state index contributed by atoms with van der Waals surface area (Å²) in [5.41, 5.74) is 0.867. The second-order valence-corrected chi connectivity index (χ2v) is 4.50. The minimum absolute atomic E-state index is 0.246. The largest absolute Gasteiger partial charge is 0.307 e. The highest BCUT2D eigenvalue weighted by molar-refractivity contribution is 6.30. The molecule has 88 valence electrons. The number of aromatic nitrogens is 4. The van der Waals surface area contributed by atoms with Gasteiger partial charge in [0.15, 0.2) is 5.82 Å². The number of hydrogen-bond donors (Lipinski definition) is 1. The Kier molecular flexibility index (Phi) is 2.78. The van der Waals surface area contributed by atoms with Gasteiger partial charge in [0.2, 0.25) is 0 Å². The molecule has 0 saturated carbocycles. The lowest BCUT2D eigenvalue weighted by Gasteiger charge is -2.02. The van der Waals surface area contributed by atoms with E-state index in [1.807, 2.05) is 24.3 Å². The van der Waals surface area contributed by atoms with Gasteiger partial charge in [-0.15, -0.1) is 15.0 Å². The molecule has 1 aromatic heterocycles. The minimum Gasteiger partial charge on any atom is -0.307 e. The van der Waals surface area contributed by atoms with Crippen molar-refractivity contribution < 1.29 is 0 Å². The maximum Gasteiger partial charge on any atom is 0.192 e. The van der Waals surface area contributed by atoms with Crippen LogP contribution in [0, 0.1) is 0 Å². The molecule has 6 heteroatoms. The van der Waals surface area contributed by atoms with Gasteiger partial charge in [0.05, 0.1) is 11.7 Å². The molecule has 1 aliphatic rings. The zero-order valence-electron chi connectivity index (χ0n) is 9.17. The Balaban J connectivity index is 1.86. The van der Waals surface area contributed by atoms with Crippen LogP contribution in [0.25, 0.3) is 5.69 Å². The average molecular weight is 250 g/mol.